The van der Waals surface area contributed by atoms with Crippen LogP contribution in [-0.2, 0) is 21.2 Å². The van der Waals surface area contributed by atoms with Crippen molar-refractivity contribution in [3.63, 3.8) is 0 Å². The number of carbonyl (C=O) groups is 1. The number of rotatable bonds is 7. The average molecular weight is 406 g/mol. The van der Waals surface area contributed by atoms with Crippen LogP contribution in [0.4, 0.5) is 11.4 Å². The lowest BCUT2D eigenvalue weighted by Crippen LogP contribution is -2.46. The van der Waals surface area contributed by atoms with Gasteiger partial charge >= 0.3 is 0 Å². The topological polar surface area (TPSA) is 90.3 Å². The molecule has 0 unspecified atom stereocenters. The Labute approximate surface area is 164 Å². The molecule has 0 heterocycles. The van der Waals surface area contributed by atoms with Gasteiger partial charge in [-0.3, -0.25) is 9.10 Å². The summed E-state index contributed by atoms with van der Waals surface area (Å²) >= 11 is 5.88. The Morgan fingerprint density at radius 2 is 1.78 bits per heavy atom. The zero-order chi connectivity index (χ0) is 20.0. The molecule has 0 fully saturated rings. The fourth-order valence-corrected chi connectivity index (χ4v) is 4.01. The molecular weight excluding hydrogens is 386 g/mol. The Hall–Kier alpha value is -2.56. The van der Waals surface area contributed by atoms with Crippen molar-refractivity contribution in [2.24, 2.45) is 0 Å². The van der Waals surface area contributed by atoms with E-state index in [4.69, 9.17) is 16.9 Å². The Kier molecular flexibility index (Phi) is 6.83. The third kappa shape index (κ3) is 5.46. The molecule has 0 saturated heterocycles. The van der Waals surface area contributed by atoms with Crippen LogP contribution in [0.5, 0.6) is 0 Å². The summed E-state index contributed by atoms with van der Waals surface area (Å²) in [4.78, 5) is 12.8. The second-order valence-electron chi connectivity index (χ2n) is 5.98. The van der Waals surface area contributed by atoms with Gasteiger partial charge in [0, 0.05) is 10.7 Å². The van der Waals surface area contributed by atoms with E-state index in [9.17, 15) is 13.2 Å². The first-order valence-corrected chi connectivity index (χ1v) is 10.5. The summed E-state index contributed by atoms with van der Waals surface area (Å²) in [6, 6.07) is 14.3. The molecule has 8 heteroatoms. The number of nitrogens with zero attached hydrogens (tertiary/aromatic N) is 2. The largest absolute Gasteiger partial charge is 0.324 e. The van der Waals surface area contributed by atoms with Gasteiger partial charge in [-0.25, -0.2) is 8.42 Å². The van der Waals surface area contributed by atoms with E-state index in [1.54, 1.807) is 55.5 Å². The number of carbonyl (C=O) groups excluding carboxylic acids is 1. The highest BCUT2D eigenvalue weighted by molar-refractivity contribution is 7.92. The molecule has 0 spiro atoms. The summed E-state index contributed by atoms with van der Waals surface area (Å²) in [5, 5.41) is 11.9. The molecule has 2 aromatic rings. The first kappa shape index (κ1) is 20.7. The van der Waals surface area contributed by atoms with E-state index in [1.165, 1.54) is 0 Å². The number of hydrogen-bond acceptors (Lipinski definition) is 4. The maximum atomic E-state index is 12.8. The van der Waals surface area contributed by atoms with Gasteiger partial charge in [0.2, 0.25) is 15.9 Å². The molecule has 0 saturated carbocycles. The number of hydrogen-bond donors (Lipinski definition) is 1. The van der Waals surface area contributed by atoms with Gasteiger partial charge in [-0.1, -0.05) is 30.7 Å². The maximum Gasteiger partial charge on any atom is 0.248 e. The van der Waals surface area contributed by atoms with Gasteiger partial charge in [-0.2, -0.15) is 5.26 Å². The van der Waals surface area contributed by atoms with Gasteiger partial charge in [-0.15, -0.1) is 0 Å². The molecule has 0 aliphatic carbocycles. The fraction of sp³-hybridized carbons (Fsp3) is 0.263. The molecular formula is C19H20ClN3O3S. The summed E-state index contributed by atoms with van der Waals surface area (Å²) in [6.45, 7) is 1.74. The monoisotopic (exact) mass is 405 g/mol. The molecule has 142 valence electrons. The van der Waals surface area contributed by atoms with Gasteiger partial charge in [0.25, 0.3) is 0 Å². The highest BCUT2D eigenvalue weighted by Crippen LogP contribution is 2.25. The minimum absolute atomic E-state index is 0.282. The molecule has 1 N–H and O–H groups in total. The van der Waals surface area contributed by atoms with E-state index >= 15 is 0 Å². The lowest BCUT2D eigenvalue weighted by Gasteiger charge is -2.30. The number of benzene rings is 2. The Morgan fingerprint density at radius 3 is 2.26 bits per heavy atom. The number of halogens is 1. The van der Waals surface area contributed by atoms with Crippen LogP contribution in [0.15, 0.2) is 48.5 Å². The number of nitrogens with one attached hydrogen (secondary N) is 1. The minimum atomic E-state index is -3.70. The fourth-order valence-electron chi connectivity index (χ4n) is 2.67. The van der Waals surface area contributed by atoms with Crippen LogP contribution < -0.4 is 9.62 Å². The molecule has 0 radical (unpaired) electrons. The van der Waals surface area contributed by atoms with Gasteiger partial charge in [0.1, 0.15) is 6.04 Å². The van der Waals surface area contributed by atoms with Crippen molar-refractivity contribution in [1.29, 1.82) is 5.26 Å². The van der Waals surface area contributed by atoms with Crippen LogP contribution in [0, 0.1) is 11.3 Å². The van der Waals surface area contributed by atoms with Gasteiger partial charge < -0.3 is 5.32 Å². The highest BCUT2D eigenvalue weighted by atomic mass is 35.5. The van der Waals surface area contributed by atoms with Crippen LogP contribution in [-0.4, -0.2) is 26.6 Å². The van der Waals surface area contributed by atoms with Gasteiger partial charge in [0.15, 0.2) is 0 Å². The first-order valence-electron chi connectivity index (χ1n) is 8.28. The van der Waals surface area contributed by atoms with Crippen molar-refractivity contribution >= 4 is 38.9 Å². The SMILES string of the molecule is CC[C@@H](C(=O)Nc1ccc(CC#N)cc1)N(c1ccc(Cl)cc1)S(C)(=O)=O. The van der Waals surface area contributed by atoms with Crippen LogP contribution >= 0.6 is 11.6 Å². The number of amides is 1. The van der Waals surface area contributed by atoms with E-state index in [2.05, 4.69) is 11.4 Å². The normalized spacial score (nSPS) is 12.1. The second-order valence-corrected chi connectivity index (χ2v) is 8.28. The minimum Gasteiger partial charge on any atom is -0.324 e. The number of anilines is 2. The predicted octanol–water partition coefficient (Wildman–Crippen LogP) is 3.59. The van der Waals surface area contributed by atoms with E-state index in [1.807, 2.05) is 0 Å². The van der Waals surface area contributed by atoms with Gasteiger partial charge in [-0.05, 0) is 48.4 Å². The van der Waals surface area contributed by atoms with Crippen LogP contribution in [0.2, 0.25) is 5.02 Å². The standard InChI is InChI=1S/C19H20ClN3O3S/c1-3-18(19(24)22-16-8-4-14(5-9-16)12-13-21)23(27(2,25)26)17-10-6-15(20)7-11-17/h4-11,18H,3,12H2,1-2H3,(H,22,24)/t18-/m0/s1. The van der Waals surface area contributed by atoms with Crippen LogP contribution in [0.3, 0.4) is 0 Å². The smallest absolute Gasteiger partial charge is 0.248 e. The van der Waals surface area contributed by atoms with Crippen molar-refractivity contribution in [2.45, 2.75) is 25.8 Å². The molecule has 27 heavy (non-hydrogen) atoms. The molecule has 1 amide bonds. The quantitative estimate of drug-likeness (QED) is 0.762. The summed E-state index contributed by atoms with van der Waals surface area (Å²) in [7, 11) is -3.70. The van der Waals surface area contributed by atoms with Crippen molar-refractivity contribution in [3.05, 3.63) is 59.1 Å². The molecule has 0 aliphatic rings. The first-order chi connectivity index (χ1) is 12.8. The Morgan fingerprint density at radius 1 is 1.19 bits per heavy atom. The zero-order valence-corrected chi connectivity index (χ0v) is 16.6. The lowest BCUT2D eigenvalue weighted by molar-refractivity contribution is -0.117. The van der Waals surface area contributed by atoms with Gasteiger partial charge in [0.05, 0.1) is 24.4 Å². The molecule has 6 nitrogen and oxygen atoms in total. The van der Waals surface area contributed by atoms with Crippen LogP contribution in [0.1, 0.15) is 18.9 Å². The summed E-state index contributed by atoms with van der Waals surface area (Å²) in [5.41, 5.74) is 1.74. The van der Waals surface area contributed by atoms with Crippen molar-refractivity contribution in [1.82, 2.24) is 0 Å². The molecule has 1 atom stereocenters. The Bertz CT molecular complexity index is 936. The average Bonchev–Trinajstić information content (AvgIpc) is 2.61. The third-order valence-corrected chi connectivity index (χ3v) is 5.35. The third-order valence-electron chi connectivity index (χ3n) is 3.92. The van der Waals surface area contributed by atoms with E-state index < -0.39 is 22.0 Å². The second kappa shape index (κ2) is 8.89. The molecule has 2 rings (SSSR count). The van der Waals surface area contributed by atoms with Crippen molar-refractivity contribution in [3.8, 4) is 6.07 Å². The van der Waals surface area contributed by atoms with E-state index in [0.717, 1.165) is 16.1 Å². The highest BCUT2D eigenvalue weighted by Gasteiger charge is 2.31. The molecule has 0 aliphatic heterocycles. The Balaban J connectivity index is 2.29. The maximum absolute atomic E-state index is 12.8. The van der Waals surface area contributed by atoms with Crippen molar-refractivity contribution in [2.75, 3.05) is 15.9 Å². The van der Waals surface area contributed by atoms with Crippen molar-refractivity contribution < 1.29 is 13.2 Å². The molecule has 2 aromatic carbocycles. The van der Waals surface area contributed by atoms with E-state index in [0.29, 0.717) is 16.4 Å². The van der Waals surface area contributed by atoms with E-state index in [-0.39, 0.29) is 12.8 Å². The number of sulfonamides is 1. The summed E-state index contributed by atoms with van der Waals surface area (Å²) in [5.74, 6) is -0.439. The summed E-state index contributed by atoms with van der Waals surface area (Å²) in [6.07, 6.45) is 1.63. The number of nitriles is 1. The lowest BCUT2D eigenvalue weighted by atomic mass is 10.1. The molecule has 0 bridgehead atoms. The predicted molar refractivity (Wildman–Crippen MR) is 107 cm³/mol. The molecule has 0 aromatic heterocycles. The zero-order valence-electron chi connectivity index (χ0n) is 15.0. The summed E-state index contributed by atoms with van der Waals surface area (Å²) < 4.78 is 25.8. The van der Waals surface area contributed by atoms with Crippen LogP contribution in [0.25, 0.3) is 0 Å².